The van der Waals surface area contributed by atoms with E-state index in [1.165, 1.54) is 28.2 Å². The molecule has 0 aromatic heterocycles. The Morgan fingerprint density at radius 3 is 1.72 bits per heavy atom. The maximum atomic E-state index is 5.22. The third-order valence-corrected chi connectivity index (χ3v) is 10.3. The Hall–Kier alpha value is -6.72. The van der Waals surface area contributed by atoms with Crippen LogP contribution >= 0.6 is 0 Å². The molecule has 0 radical (unpaired) electrons. The lowest BCUT2D eigenvalue weighted by atomic mass is 9.89. The molecule has 0 spiro atoms. The lowest BCUT2D eigenvalue weighted by Crippen LogP contribution is -2.36. The van der Waals surface area contributed by atoms with Gasteiger partial charge in [0.25, 0.3) is 0 Å². The largest absolute Gasteiger partial charge is 0.363 e. The highest BCUT2D eigenvalue weighted by molar-refractivity contribution is 6.16. The fourth-order valence-corrected chi connectivity index (χ4v) is 7.66. The van der Waals surface area contributed by atoms with Gasteiger partial charge in [-0.05, 0) is 69.6 Å². The minimum atomic E-state index is -0.435. The highest BCUT2D eigenvalue weighted by Gasteiger charge is 2.32. The first-order chi connectivity index (χ1) is 26.6. The zero-order valence-corrected chi connectivity index (χ0v) is 30.4. The lowest BCUT2D eigenvalue weighted by molar-refractivity contribution is 0.543. The van der Waals surface area contributed by atoms with Gasteiger partial charge in [0.2, 0.25) is 0 Å². The molecule has 2 heterocycles. The van der Waals surface area contributed by atoms with E-state index in [1.807, 2.05) is 36.4 Å². The monoisotopic (exact) mass is 699 g/mol. The molecule has 0 amide bonds. The minimum Gasteiger partial charge on any atom is -0.363 e. The van der Waals surface area contributed by atoms with Gasteiger partial charge in [0.05, 0.1) is 11.4 Å². The zero-order valence-electron chi connectivity index (χ0n) is 30.4. The molecule has 54 heavy (non-hydrogen) atoms. The average Bonchev–Trinajstić information content (AvgIpc) is 3.65. The maximum absolute atomic E-state index is 5.22. The number of rotatable bonds is 8. The standard InChI is InChI=1S/C49H41N5/c1-33(2)49-50-44-29-13-14-30-45(44)54(49)39-24-16-22-37(32-39)36-21-15-23-38(31-36)40-25-9-10-26-41(40)42-27-11-12-28-43(42)48-52-46(34-17-5-3-6-18-34)51-47(53-48)35-19-7-4-8-20-35/h3-33,48-50H,1-2H3,(H,51,52,53). The molecule has 7 aromatic carbocycles. The van der Waals surface area contributed by atoms with Gasteiger partial charge in [0, 0.05) is 22.4 Å². The van der Waals surface area contributed by atoms with E-state index < -0.39 is 6.17 Å². The molecule has 9 rings (SSSR count). The second-order valence-corrected chi connectivity index (χ2v) is 14.2. The summed E-state index contributed by atoms with van der Waals surface area (Å²) in [6, 6.07) is 64.3. The summed E-state index contributed by atoms with van der Waals surface area (Å²) in [5.41, 5.74) is 13.6. The third-order valence-electron chi connectivity index (χ3n) is 10.3. The summed E-state index contributed by atoms with van der Waals surface area (Å²) in [7, 11) is 0. The number of amidine groups is 2. The smallest absolute Gasteiger partial charge is 0.170 e. The van der Waals surface area contributed by atoms with Gasteiger partial charge in [-0.2, -0.15) is 0 Å². The SMILES string of the molecule is CC(C)C1Nc2ccccc2N1c1cccc(-c2cccc(-c3ccccc3-c3ccccc3C3N=C(c4ccccc4)NC(c4ccccc4)=N3)c2)c1. The van der Waals surface area contributed by atoms with Crippen molar-refractivity contribution in [2.45, 2.75) is 26.2 Å². The van der Waals surface area contributed by atoms with Gasteiger partial charge < -0.3 is 15.5 Å². The van der Waals surface area contributed by atoms with Crippen molar-refractivity contribution in [2.75, 3.05) is 10.2 Å². The number of hydrogen-bond acceptors (Lipinski definition) is 5. The average molecular weight is 700 g/mol. The molecule has 2 aliphatic rings. The Morgan fingerprint density at radius 2 is 1.02 bits per heavy atom. The second kappa shape index (κ2) is 14.4. The molecule has 5 heteroatoms. The van der Waals surface area contributed by atoms with Gasteiger partial charge in [-0.25, -0.2) is 9.98 Å². The number of para-hydroxylation sites is 2. The van der Waals surface area contributed by atoms with Crippen LogP contribution in [0.4, 0.5) is 17.1 Å². The minimum absolute atomic E-state index is 0.178. The lowest BCUT2D eigenvalue weighted by Gasteiger charge is -2.30. The van der Waals surface area contributed by atoms with E-state index in [9.17, 15) is 0 Å². The molecule has 262 valence electrons. The van der Waals surface area contributed by atoms with E-state index in [-0.39, 0.29) is 6.17 Å². The van der Waals surface area contributed by atoms with Crippen LogP contribution < -0.4 is 15.5 Å². The molecule has 0 saturated carbocycles. The first kappa shape index (κ1) is 33.1. The van der Waals surface area contributed by atoms with E-state index in [4.69, 9.17) is 9.98 Å². The summed E-state index contributed by atoms with van der Waals surface area (Å²) in [4.78, 5) is 12.9. The summed E-state index contributed by atoms with van der Waals surface area (Å²) in [5, 5.41) is 7.28. The molecule has 1 unspecified atom stereocenters. The van der Waals surface area contributed by atoms with Crippen LogP contribution in [0.25, 0.3) is 33.4 Å². The fraction of sp³-hybridized carbons (Fsp3) is 0.102. The van der Waals surface area contributed by atoms with Crippen LogP contribution in [0.2, 0.25) is 0 Å². The van der Waals surface area contributed by atoms with Gasteiger partial charge in [-0.1, -0.05) is 166 Å². The molecule has 2 N–H and O–H groups in total. The Labute approximate surface area is 317 Å². The first-order valence-corrected chi connectivity index (χ1v) is 18.7. The normalized spacial score (nSPS) is 15.2. The van der Waals surface area contributed by atoms with Gasteiger partial charge >= 0.3 is 0 Å². The number of anilines is 3. The maximum Gasteiger partial charge on any atom is 0.170 e. The van der Waals surface area contributed by atoms with Gasteiger partial charge in [0.15, 0.2) is 6.17 Å². The van der Waals surface area contributed by atoms with Crippen molar-refractivity contribution in [1.29, 1.82) is 0 Å². The first-order valence-electron chi connectivity index (χ1n) is 18.7. The number of aliphatic imine (C=N–C) groups is 2. The predicted molar refractivity (Wildman–Crippen MR) is 225 cm³/mol. The molecule has 0 fully saturated rings. The predicted octanol–water partition coefficient (Wildman–Crippen LogP) is 11.7. The van der Waals surface area contributed by atoms with E-state index in [0.29, 0.717) is 5.92 Å². The van der Waals surface area contributed by atoms with Crippen molar-refractivity contribution in [2.24, 2.45) is 15.9 Å². The van der Waals surface area contributed by atoms with Crippen molar-refractivity contribution in [1.82, 2.24) is 5.32 Å². The molecular formula is C49H41N5. The molecular weight excluding hydrogens is 659 g/mol. The molecule has 0 bridgehead atoms. The van der Waals surface area contributed by atoms with Gasteiger partial charge in [-0.3, -0.25) is 0 Å². The molecule has 7 aromatic rings. The molecule has 5 nitrogen and oxygen atoms in total. The van der Waals surface area contributed by atoms with Crippen LogP contribution in [-0.2, 0) is 0 Å². The van der Waals surface area contributed by atoms with Crippen molar-refractivity contribution in [3.63, 3.8) is 0 Å². The third kappa shape index (κ3) is 6.35. The van der Waals surface area contributed by atoms with Crippen LogP contribution in [0.1, 0.15) is 36.7 Å². The Kier molecular flexibility index (Phi) is 8.81. The Balaban J connectivity index is 1.11. The van der Waals surface area contributed by atoms with Crippen LogP contribution in [0.3, 0.4) is 0 Å². The fourth-order valence-electron chi connectivity index (χ4n) is 7.66. The highest BCUT2D eigenvalue weighted by atomic mass is 15.3. The summed E-state index contributed by atoms with van der Waals surface area (Å²) in [6.07, 6.45) is -0.257. The van der Waals surface area contributed by atoms with E-state index >= 15 is 0 Å². The zero-order chi connectivity index (χ0) is 36.4. The molecule has 0 aliphatic carbocycles. The van der Waals surface area contributed by atoms with Crippen molar-refractivity contribution < 1.29 is 0 Å². The second-order valence-electron chi connectivity index (χ2n) is 14.2. The van der Waals surface area contributed by atoms with Crippen LogP contribution in [0, 0.1) is 5.92 Å². The summed E-state index contributed by atoms with van der Waals surface area (Å²) in [6.45, 7) is 4.54. The summed E-state index contributed by atoms with van der Waals surface area (Å²) >= 11 is 0. The van der Waals surface area contributed by atoms with Crippen molar-refractivity contribution >= 4 is 28.7 Å². The van der Waals surface area contributed by atoms with E-state index in [2.05, 4.69) is 175 Å². The van der Waals surface area contributed by atoms with Crippen LogP contribution in [0.15, 0.2) is 192 Å². The highest BCUT2D eigenvalue weighted by Crippen LogP contribution is 2.43. The molecule has 1 atom stereocenters. The van der Waals surface area contributed by atoms with Crippen LogP contribution in [-0.4, -0.2) is 17.8 Å². The van der Waals surface area contributed by atoms with E-state index in [0.717, 1.165) is 50.6 Å². The van der Waals surface area contributed by atoms with Crippen molar-refractivity contribution in [3.8, 4) is 33.4 Å². The quantitative estimate of drug-likeness (QED) is 0.166. The Morgan fingerprint density at radius 1 is 0.481 bits per heavy atom. The van der Waals surface area contributed by atoms with Crippen LogP contribution in [0.5, 0.6) is 0 Å². The number of hydrogen-bond donors (Lipinski definition) is 2. The number of fused-ring (bicyclic) bond motifs is 1. The van der Waals surface area contributed by atoms with E-state index in [1.54, 1.807) is 0 Å². The number of benzene rings is 7. The summed E-state index contributed by atoms with van der Waals surface area (Å²) < 4.78 is 0. The molecule has 0 saturated heterocycles. The Bertz CT molecular complexity index is 2450. The topological polar surface area (TPSA) is 52.0 Å². The molecule has 2 aliphatic heterocycles. The van der Waals surface area contributed by atoms with Gasteiger partial charge in [-0.15, -0.1) is 0 Å². The number of nitrogens with zero attached hydrogens (tertiary/aromatic N) is 3. The number of nitrogens with one attached hydrogen (secondary N) is 2. The van der Waals surface area contributed by atoms with Gasteiger partial charge in [0.1, 0.15) is 17.8 Å². The summed E-state index contributed by atoms with van der Waals surface area (Å²) in [5.74, 6) is 2.03. The van der Waals surface area contributed by atoms with Crippen molar-refractivity contribution in [3.05, 3.63) is 199 Å².